The predicted molar refractivity (Wildman–Crippen MR) is 198 cm³/mol. The van der Waals surface area contributed by atoms with E-state index in [0.29, 0.717) is 50.4 Å². The molecule has 1 unspecified atom stereocenters. The number of aliphatic hydroxyl groups excluding tert-OH is 1. The molecule has 0 spiro atoms. The van der Waals surface area contributed by atoms with E-state index in [1.54, 1.807) is 29.9 Å². The third-order valence-corrected chi connectivity index (χ3v) is 16.5. The number of benzene rings is 1. The van der Waals surface area contributed by atoms with Gasteiger partial charge in [-0.2, -0.15) is 0 Å². The summed E-state index contributed by atoms with van der Waals surface area (Å²) in [6, 6.07) is 6.13. The minimum Gasteiger partial charge on any atom is -0.393 e. The molecule has 5 nitrogen and oxygen atoms in total. The van der Waals surface area contributed by atoms with Crippen LogP contribution in [0.5, 0.6) is 0 Å². The van der Waals surface area contributed by atoms with Crippen molar-refractivity contribution in [1.29, 1.82) is 0 Å². The Labute approximate surface area is 301 Å². The number of hydrogen-bond donors (Lipinski definition) is 1. The Kier molecular flexibility index (Phi) is 8.84. The highest BCUT2D eigenvalue weighted by Crippen LogP contribution is 2.76. The van der Waals surface area contributed by atoms with Crippen LogP contribution in [0.4, 0.5) is 4.39 Å². The largest absolute Gasteiger partial charge is 0.393 e. The second kappa shape index (κ2) is 12.3. The first kappa shape index (κ1) is 35.9. The summed E-state index contributed by atoms with van der Waals surface area (Å²) in [4.78, 5) is 31.1. The highest BCUT2D eigenvalue weighted by molar-refractivity contribution is 5.92. The summed E-state index contributed by atoms with van der Waals surface area (Å²) >= 11 is 0. The van der Waals surface area contributed by atoms with Crippen LogP contribution >= 0.6 is 0 Å². The van der Waals surface area contributed by atoms with Crippen LogP contribution in [0, 0.1) is 56.1 Å². The molecule has 0 bridgehead atoms. The maximum atomic E-state index is 14.2. The molecule has 0 aromatic heterocycles. The fourth-order valence-corrected chi connectivity index (χ4v) is 13.1. The summed E-state index contributed by atoms with van der Waals surface area (Å²) in [6.07, 6.45) is 17.7. The normalized spacial score (nSPS) is 40.6. The van der Waals surface area contributed by atoms with Gasteiger partial charge in [-0.15, -0.1) is 0 Å². The lowest BCUT2D eigenvalue weighted by atomic mass is 9.33. The quantitative estimate of drug-likeness (QED) is 0.254. The van der Waals surface area contributed by atoms with Crippen LogP contribution in [0.2, 0.25) is 0 Å². The third-order valence-electron chi connectivity index (χ3n) is 16.5. The molecule has 1 heterocycles. The number of aliphatic hydroxyl groups is 1. The van der Waals surface area contributed by atoms with Gasteiger partial charge in [0.15, 0.2) is 0 Å². The van der Waals surface area contributed by atoms with Crippen molar-refractivity contribution in [2.24, 2.45) is 50.2 Å². The van der Waals surface area contributed by atoms with Crippen LogP contribution < -0.4 is 0 Å². The average molecular weight is 687 g/mol. The average Bonchev–Trinajstić information content (AvgIpc) is 3.07. The van der Waals surface area contributed by atoms with Crippen molar-refractivity contribution in [3.8, 4) is 0 Å². The number of hydrogen-bond acceptors (Lipinski definition) is 3. The molecular weight excluding hydrogens is 623 g/mol. The number of carbonyl (C=O) groups is 2. The minimum absolute atomic E-state index is 0.00400. The Morgan fingerprint density at radius 3 is 2.20 bits per heavy atom. The predicted octanol–water partition coefficient (Wildman–Crippen LogP) is 9.06. The lowest BCUT2D eigenvalue weighted by molar-refractivity contribution is -0.203. The summed E-state index contributed by atoms with van der Waals surface area (Å²) in [5.74, 6) is 1.51. The number of allylic oxidation sites excluding steroid dienone is 2. The van der Waals surface area contributed by atoms with E-state index >= 15 is 0 Å². The fraction of sp³-hybridized carbons (Fsp3) is 0.727. The van der Waals surface area contributed by atoms with Gasteiger partial charge in [0.05, 0.1) is 6.10 Å². The molecule has 0 radical (unpaired) electrons. The molecule has 5 fully saturated rings. The maximum absolute atomic E-state index is 14.2. The lowest BCUT2D eigenvalue weighted by Gasteiger charge is -2.71. The zero-order valence-corrected chi connectivity index (χ0v) is 32.0. The van der Waals surface area contributed by atoms with Crippen LogP contribution in [0.1, 0.15) is 125 Å². The number of piperazine rings is 1. The molecule has 8 atom stereocenters. The number of halogens is 1. The standard InChI is InChI=1S/C44H63FN2O3/c1-39(2)20-22-44(29-38(50)47-26-24-46(25-27-47)37(49)15-10-30-8-11-31(45)12-9-30)23-21-42(6)32(33(44)28-39)13-14-35-41(5)18-17-36(48)40(3,4)34(41)16-19-43(35,42)7/h8-13,15,33-36,48H,14,16-29H2,1-7H3/b15-10+/t33-,34-,35+,36?,41-,42+,43+,44+/m0/s1. The van der Waals surface area contributed by atoms with E-state index in [1.165, 1.54) is 31.4 Å². The first-order valence-electron chi connectivity index (χ1n) is 19.8. The van der Waals surface area contributed by atoms with Crippen molar-refractivity contribution in [2.45, 2.75) is 125 Å². The zero-order chi connectivity index (χ0) is 35.9. The topological polar surface area (TPSA) is 60.9 Å². The van der Waals surface area contributed by atoms with Gasteiger partial charge in [0, 0.05) is 38.7 Å². The van der Waals surface area contributed by atoms with Crippen LogP contribution in [-0.2, 0) is 9.59 Å². The molecule has 2 amide bonds. The molecule has 1 aromatic carbocycles. The van der Waals surface area contributed by atoms with Crippen molar-refractivity contribution in [1.82, 2.24) is 9.80 Å². The minimum atomic E-state index is -0.292. The molecule has 274 valence electrons. The van der Waals surface area contributed by atoms with Crippen molar-refractivity contribution in [2.75, 3.05) is 26.2 Å². The van der Waals surface area contributed by atoms with Gasteiger partial charge in [0.1, 0.15) is 5.82 Å². The molecule has 50 heavy (non-hydrogen) atoms. The van der Waals surface area contributed by atoms with Crippen LogP contribution in [0.3, 0.4) is 0 Å². The van der Waals surface area contributed by atoms with Crippen LogP contribution in [0.25, 0.3) is 6.08 Å². The summed E-state index contributed by atoms with van der Waals surface area (Å²) in [5, 5.41) is 11.1. The van der Waals surface area contributed by atoms with Crippen molar-refractivity contribution in [3.63, 3.8) is 0 Å². The third kappa shape index (κ3) is 5.64. The second-order valence-corrected chi connectivity index (χ2v) is 19.7. The van der Waals surface area contributed by atoms with Gasteiger partial charge < -0.3 is 14.9 Å². The van der Waals surface area contributed by atoms with Crippen LogP contribution in [-0.4, -0.2) is 59.0 Å². The Bertz CT molecular complexity index is 1550. The molecule has 6 heteroatoms. The van der Waals surface area contributed by atoms with Gasteiger partial charge in [-0.3, -0.25) is 9.59 Å². The summed E-state index contributed by atoms with van der Waals surface area (Å²) in [6.45, 7) is 19.6. The number of rotatable bonds is 4. The molecular formula is C44H63FN2O3. The monoisotopic (exact) mass is 686 g/mol. The van der Waals surface area contributed by atoms with E-state index in [9.17, 15) is 19.1 Å². The summed E-state index contributed by atoms with van der Waals surface area (Å²) in [7, 11) is 0. The smallest absolute Gasteiger partial charge is 0.246 e. The molecule has 7 rings (SSSR count). The number of carbonyl (C=O) groups excluding carboxylic acids is 2. The first-order valence-corrected chi connectivity index (χ1v) is 19.8. The first-order chi connectivity index (χ1) is 23.4. The van der Waals surface area contributed by atoms with Gasteiger partial charge in [-0.05, 0) is 138 Å². The highest BCUT2D eigenvalue weighted by Gasteiger charge is 2.68. The van der Waals surface area contributed by atoms with Crippen molar-refractivity contribution >= 4 is 17.9 Å². The molecule has 5 aliphatic carbocycles. The SMILES string of the molecule is CC1(C)CC[C@]2(CC(=O)N3CCN(C(=O)/C=C/c4ccc(F)cc4)CC3)CC[C@]3(C)C(=CC[C@@H]4[C@@]5(C)CCC(O)C(C)(C)[C@@H]5CC[C@]43C)[C@@H]2C1. The van der Waals surface area contributed by atoms with E-state index in [-0.39, 0.29) is 56.2 Å². The second-order valence-electron chi connectivity index (χ2n) is 19.7. The summed E-state index contributed by atoms with van der Waals surface area (Å²) < 4.78 is 13.3. The Hall–Kier alpha value is -2.47. The van der Waals surface area contributed by atoms with E-state index in [1.807, 2.05) is 9.80 Å². The maximum Gasteiger partial charge on any atom is 0.246 e. The number of nitrogens with zero attached hydrogens (tertiary/aromatic N) is 2. The summed E-state index contributed by atoms with van der Waals surface area (Å²) in [5.41, 5.74) is 3.27. The van der Waals surface area contributed by atoms with E-state index < -0.39 is 0 Å². The Balaban J connectivity index is 1.08. The molecule has 1 aliphatic heterocycles. The van der Waals surface area contributed by atoms with Gasteiger partial charge in [0.2, 0.25) is 11.8 Å². The molecule has 4 saturated carbocycles. The number of amides is 2. The Morgan fingerprint density at radius 2 is 1.50 bits per heavy atom. The van der Waals surface area contributed by atoms with E-state index in [4.69, 9.17) is 0 Å². The van der Waals surface area contributed by atoms with Gasteiger partial charge in [-0.1, -0.05) is 72.2 Å². The van der Waals surface area contributed by atoms with E-state index in [0.717, 1.165) is 50.5 Å². The van der Waals surface area contributed by atoms with Gasteiger partial charge >= 0.3 is 0 Å². The van der Waals surface area contributed by atoms with E-state index in [2.05, 4.69) is 54.5 Å². The van der Waals surface area contributed by atoms with Gasteiger partial charge in [0.25, 0.3) is 0 Å². The molecule has 1 aromatic rings. The number of fused-ring (bicyclic) bond motifs is 7. The van der Waals surface area contributed by atoms with Crippen molar-refractivity contribution in [3.05, 3.63) is 53.4 Å². The fourth-order valence-electron chi connectivity index (χ4n) is 13.1. The Morgan fingerprint density at radius 1 is 0.840 bits per heavy atom. The zero-order valence-electron chi connectivity index (χ0n) is 32.0. The molecule has 1 N–H and O–H groups in total. The molecule has 1 saturated heterocycles. The highest BCUT2D eigenvalue weighted by atomic mass is 19.1. The lowest BCUT2D eigenvalue weighted by Crippen LogP contribution is -2.64. The molecule has 6 aliphatic rings. The van der Waals surface area contributed by atoms with Crippen LogP contribution in [0.15, 0.2) is 42.0 Å². The van der Waals surface area contributed by atoms with Crippen molar-refractivity contribution < 1.29 is 19.1 Å². The van der Waals surface area contributed by atoms with Gasteiger partial charge in [-0.25, -0.2) is 4.39 Å².